The normalized spacial score (nSPS) is 29.3. The van der Waals surface area contributed by atoms with Gasteiger partial charge >= 0.3 is 6.03 Å². The average molecular weight is 332 g/mol. The Kier molecular flexibility index (Phi) is 5.29. The van der Waals surface area contributed by atoms with Gasteiger partial charge in [-0.05, 0) is 44.6 Å². The first-order valence-electron chi connectivity index (χ1n) is 8.98. The Labute approximate surface area is 144 Å². The molecule has 0 aromatic heterocycles. The van der Waals surface area contributed by atoms with Crippen molar-refractivity contribution in [1.82, 2.24) is 10.2 Å². The number of carbonyl (C=O) groups excluding carboxylic acids is 1. The highest BCUT2D eigenvalue weighted by atomic mass is 16.5. The van der Waals surface area contributed by atoms with E-state index >= 15 is 0 Å². The predicted molar refractivity (Wildman–Crippen MR) is 93.0 cm³/mol. The maximum Gasteiger partial charge on any atom is 0.317 e. The summed E-state index contributed by atoms with van der Waals surface area (Å²) in [6, 6.07) is 8.17. The van der Waals surface area contributed by atoms with Gasteiger partial charge < -0.3 is 20.1 Å². The van der Waals surface area contributed by atoms with Gasteiger partial charge in [-0.3, -0.25) is 0 Å². The molecule has 1 aliphatic heterocycles. The summed E-state index contributed by atoms with van der Waals surface area (Å²) in [5, 5.41) is 12.4. The van der Waals surface area contributed by atoms with Crippen molar-refractivity contribution in [3.63, 3.8) is 0 Å². The number of fused-ring (bicyclic) bond motifs is 1. The highest BCUT2D eigenvalue weighted by Gasteiger charge is 2.30. The van der Waals surface area contributed by atoms with Crippen molar-refractivity contribution in [1.29, 1.82) is 0 Å². The van der Waals surface area contributed by atoms with Gasteiger partial charge in [-0.15, -0.1) is 0 Å². The van der Waals surface area contributed by atoms with Crippen LogP contribution in [0, 0.1) is 5.92 Å². The molecule has 1 aliphatic carbocycles. The van der Waals surface area contributed by atoms with Crippen LogP contribution in [0.25, 0.3) is 0 Å². The number of aliphatic hydroxyl groups is 1. The van der Waals surface area contributed by atoms with Gasteiger partial charge in [0.25, 0.3) is 0 Å². The molecule has 3 rings (SSSR count). The summed E-state index contributed by atoms with van der Waals surface area (Å²) in [5.74, 6) is 1.27. The molecular formula is C19H28N2O3. The second-order valence-corrected chi connectivity index (χ2v) is 7.17. The zero-order chi connectivity index (χ0) is 17.1. The molecule has 1 saturated carbocycles. The number of amides is 2. The van der Waals surface area contributed by atoms with E-state index in [0.717, 1.165) is 43.4 Å². The van der Waals surface area contributed by atoms with E-state index < -0.39 is 0 Å². The molecule has 1 aromatic carbocycles. The quantitative estimate of drug-likeness (QED) is 0.894. The van der Waals surface area contributed by atoms with Gasteiger partial charge in [0.2, 0.25) is 0 Å². The number of hydrogen-bond donors (Lipinski definition) is 2. The zero-order valence-electron chi connectivity index (χ0n) is 14.6. The van der Waals surface area contributed by atoms with E-state index in [-0.39, 0.29) is 30.8 Å². The average Bonchev–Trinajstić information content (AvgIpc) is 2.61. The summed E-state index contributed by atoms with van der Waals surface area (Å²) in [6.07, 6.45) is 4.81. The number of urea groups is 1. The van der Waals surface area contributed by atoms with Gasteiger partial charge in [0.15, 0.2) is 0 Å². The minimum atomic E-state index is -0.0173. The molecule has 2 atom stereocenters. The van der Waals surface area contributed by atoms with Crippen LogP contribution in [0.2, 0.25) is 0 Å². The SMILES string of the molecule is C[C@@H]1C[C@@H](NC(=O)N(C)C2CCC(CO)CC2)c2ccccc2O1. The van der Waals surface area contributed by atoms with Crippen molar-refractivity contribution in [3.8, 4) is 5.75 Å². The maximum atomic E-state index is 12.7. The van der Waals surface area contributed by atoms with E-state index in [1.165, 1.54) is 0 Å². The number of aliphatic hydroxyl groups excluding tert-OH is 1. The fraction of sp³-hybridized carbons (Fsp3) is 0.632. The molecule has 0 unspecified atom stereocenters. The molecule has 5 heteroatoms. The van der Waals surface area contributed by atoms with Gasteiger partial charge in [0.1, 0.15) is 5.75 Å². The summed E-state index contributed by atoms with van der Waals surface area (Å²) < 4.78 is 5.86. The number of para-hydroxylation sites is 1. The van der Waals surface area contributed by atoms with Crippen LogP contribution in [0.3, 0.4) is 0 Å². The van der Waals surface area contributed by atoms with Crippen LogP contribution in [0.15, 0.2) is 24.3 Å². The monoisotopic (exact) mass is 332 g/mol. The lowest BCUT2D eigenvalue weighted by molar-refractivity contribution is 0.127. The van der Waals surface area contributed by atoms with Gasteiger partial charge in [0, 0.05) is 31.7 Å². The third kappa shape index (κ3) is 3.66. The fourth-order valence-corrected chi connectivity index (χ4v) is 3.87. The molecule has 0 saturated heterocycles. The Morgan fingerprint density at radius 3 is 2.71 bits per heavy atom. The Morgan fingerprint density at radius 2 is 2.00 bits per heavy atom. The van der Waals surface area contributed by atoms with E-state index in [1.54, 1.807) is 0 Å². The number of hydrogen-bond acceptors (Lipinski definition) is 3. The molecule has 0 spiro atoms. The van der Waals surface area contributed by atoms with Crippen molar-refractivity contribution in [2.24, 2.45) is 5.92 Å². The molecule has 1 heterocycles. The third-order valence-electron chi connectivity index (χ3n) is 5.43. The minimum Gasteiger partial charge on any atom is -0.490 e. The second kappa shape index (κ2) is 7.43. The first kappa shape index (κ1) is 17.1. The number of ether oxygens (including phenoxy) is 1. The van der Waals surface area contributed by atoms with Crippen molar-refractivity contribution in [2.45, 2.75) is 57.2 Å². The van der Waals surface area contributed by atoms with Crippen LogP contribution in [-0.4, -0.2) is 41.8 Å². The molecule has 1 fully saturated rings. The second-order valence-electron chi connectivity index (χ2n) is 7.17. The highest BCUT2D eigenvalue weighted by molar-refractivity contribution is 5.75. The Balaban J connectivity index is 1.62. The summed E-state index contributed by atoms with van der Waals surface area (Å²) >= 11 is 0. The molecule has 24 heavy (non-hydrogen) atoms. The standard InChI is InChI=1S/C19H28N2O3/c1-13-11-17(16-5-3-4-6-18(16)24-13)20-19(23)21(2)15-9-7-14(12-22)8-10-15/h3-6,13-15,17,22H,7-12H2,1-2H3,(H,20,23)/t13-,14?,15?,17-/m1/s1. The lowest BCUT2D eigenvalue weighted by Gasteiger charge is -2.36. The first-order valence-corrected chi connectivity index (χ1v) is 8.98. The van der Waals surface area contributed by atoms with Crippen molar-refractivity contribution in [3.05, 3.63) is 29.8 Å². The number of carbonyl (C=O) groups is 1. The zero-order valence-corrected chi connectivity index (χ0v) is 14.6. The fourth-order valence-electron chi connectivity index (χ4n) is 3.87. The van der Waals surface area contributed by atoms with E-state index in [0.29, 0.717) is 5.92 Å². The van der Waals surface area contributed by atoms with Gasteiger partial charge in [-0.25, -0.2) is 4.79 Å². The molecule has 2 aliphatic rings. The topological polar surface area (TPSA) is 61.8 Å². The highest BCUT2D eigenvalue weighted by Crippen LogP contribution is 2.34. The summed E-state index contributed by atoms with van der Waals surface area (Å²) in [5.41, 5.74) is 1.06. The van der Waals surface area contributed by atoms with Crippen LogP contribution in [0.5, 0.6) is 5.75 Å². The molecule has 5 nitrogen and oxygen atoms in total. The van der Waals surface area contributed by atoms with E-state index in [4.69, 9.17) is 4.74 Å². The Bertz CT molecular complexity index is 569. The number of nitrogens with zero attached hydrogens (tertiary/aromatic N) is 1. The summed E-state index contributed by atoms with van der Waals surface area (Å²) in [6.45, 7) is 2.30. The third-order valence-corrected chi connectivity index (χ3v) is 5.43. The van der Waals surface area contributed by atoms with Crippen LogP contribution < -0.4 is 10.1 Å². The lowest BCUT2D eigenvalue weighted by atomic mass is 9.86. The smallest absolute Gasteiger partial charge is 0.317 e. The molecule has 0 bridgehead atoms. The van der Waals surface area contributed by atoms with Crippen LogP contribution in [0.1, 0.15) is 50.6 Å². The van der Waals surface area contributed by atoms with Crippen LogP contribution >= 0.6 is 0 Å². The van der Waals surface area contributed by atoms with E-state index in [9.17, 15) is 9.90 Å². The molecular weight excluding hydrogens is 304 g/mol. The van der Waals surface area contributed by atoms with Crippen molar-refractivity contribution in [2.75, 3.05) is 13.7 Å². The van der Waals surface area contributed by atoms with Crippen LogP contribution in [0.4, 0.5) is 4.79 Å². The van der Waals surface area contributed by atoms with E-state index in [1.807, 2.05) is 43.1 Å². The molecule has 2 amide bonds. The van der Waals surface area contributed by atoms with Crippen molar-refractivity contribution < 1.29 is 14.6 Å². The van der Waals surface area contributed by atoms with Gasteiger partial charge in [-0.2, -0.15) is 0 Å². The number of rotatable bonds is 3. The van der Waals surface area contributed by atoms with Gasteiger partial charge in [-0.1, -0.05) is 18.2 Å². The van der Waals surface area contributed by atoms with Crippen molar-refractivity contribution >= 4 is 6.03 Å². The molecule has 0 radical (unpaired) electrons. The Hall–Kier alpha value is -1.75. The molecule has 132 valence electrons. The van der Waals surface area contributed by atoms with E-state index in [2.05, 4.69) is 5.32 Å². The number of nitrogens with one attached hydrogen (secondary N) is 1. The first-order chi connectivity index (χ1) is 11.6. The Morgan fingerprint density at radius 1 is 1.29 bits per heavy atom. The summed E-state index contributed by atoms with van der Waals surface area (Å²) in [4.78, 5) is 14.5. The van der Waals surface area contributed by atoms with Crippen LogP contribution in [-0.2, 0) is 0 Å². The maximum absolute atomic E-state index is 12.7. The van der Waals surface area contributed by atoms with Gasteiger partial charge in [0.05, 0.1) is 12.1 Å². The summed E-state index contributed by atoms with van der Waals surface area (Å²) in [7, 11) is 1.88. The largest absolute Gasteiger partial charge is 0.490 e. The molecule has 1 aromatic rings. The minimum absolute atomic E-state index is 0.00585. The lowest BCUT2D eigenvalue weighted by Crippen LogP contribution is -2.47. The molecule has 2 N–H and O–H groups in total. The number of benzene rings is 1. The predicted octanol–water partition coefficient (Wildman–Crippen LogP) is 3.09.